The zero-order valence-electron chi connectivity index (χ0n) is 15.6. The maximum atomic E-state index is 12.7. The molecule has 150 valence electrons. The molecular weight excluding hydrogens is 454 g/mol. The quantitative estimate of drug-likeness (QED) is 0.526. The molecule has 4 nitrogen and oxygen atoms in total. The van der Waals surface area contributed by atoms with Gasteiger partial charge in [-0.15, -0.1) is 8.78 Å². The number of nitrogens with zero attached hydrogens (tertiary/aromatic N) is 1. The Balaban J connectivity index is 1.79. The molecule has 0 saturated carbocycles. The molecule has 0 saturated heterocycles. The Kier molecular flexibility index (Phi) is 5.87. The molecule has 1 atom stereocenters. The Morgan fingerprint density at radius 1 is 1.32 bits per heavy atom. The van der Waals surface area contributed by atoms with Crippen LogP contribution in [0.3, 0.4) is 0 Å². The monoisotopic (exact) mass is 472 g/mol. The van der Waals surface area contributed by atoms with E-state index in [9.17, 15) is 13.6 Å². The van der Waals surface area contributed by atoms with Crippen LogP contribution in [-0.4, -0.2) is 24.1 Å². The highest BCUT2D eigenvalue weighted by molar-refractivity contribution is 9.10. The number of rotatable bonds is 5. The molecule has 1 heterocycles. The van der Waals surface area contributed by atoms with E-state index in [1.807, 2.05) is 6.07 Å². The summed E-state index contributed by atoms with van der Waals surface area (Å²) in [4.78, 5) is 15.0. The standard InChI is InChI=1S/C20H20BrClF2N2O2/c1-11(2)26-10-12(3)16-8-13(9-17(21)18(16)26)19(27)25-14-4-6-15(7-5-14)28-20(22,23)24/h4-9,11-12H,10H2,1-3H3,(H,25,27). The minimum atomic E-state index is -3.78. The molecule has 1 amide bonds. The number of hydrogen-bond donors (Lipinski definition) is 1. The average Bonchev–Trinajstić information content (AvgIpc) is 2.93. The molecule has 0 aliphatic carbocycles. The summed E-state index contributed by atoms with van der Waals surface area (Å²) in [6.07, 6.45) is 0. The van der Waals surface area contributed by atoms with E-state index < -0.39 is 5.57 Å². The zero-order chi connectivity index (χ0) is 20.6. The summed E-state index contributed by atoms with van der Waals surface area (Å²) in [6, 6.07) is 9.64. The van der Waals surface area contributed by atoms with Gasteiger partial charge in [-0.1, -0.05) is 6.92 Å². The number of hydrogen-bond acceptors (Lipinski definition) is 3. The van der Waals surface area contributed by atoms with Crippen molar-refractivity contribution in [1.82, 2.24) is 0 Å². The molecule has 0 aromatic heterocycles. The van der Waals surface area contributed by atoms with Crippen molar-refractivity contribution in [1.29, 1.82) is 0 Å². The number of alkyl halides is 3. The lowest BCUT2D eigenvalue weighted by molar-refractivity contribution is -0.0964. The van der Waals surface area contributed by atoms with Gasteiger partial charge in [-0.25, -0.2) is 0 Å². The van der Waals surface area contributed by atoms with Crippen LogP contribution < -0.4 is 15.0 Å². The van der Waals surface area contributed by atoms with Crippen LogP contribution in [-0.2, 0) is 0 Å². The van der Waals surface area contributed by atoms with Crippen molar-refractivity contribution >= 4 is 44.8 Å². The number of carbonyl (C=O) groups is 1. The third-order valence-electron chi connectivity index (χ3n) is 4.61. The van der Waals surface area contributed by atoms with Crippen molar-refractivity contribution in [2.45, 2.75) is 38.3 Å². The summed E-state index contributed by atoms with van der Waals surface area (Å²) < 4.78 is 30.5. The number of fused-ring (bicyclic) bond motifs is 1. The number of carbonyl (C=O) groups excluding carboxylic acids is 1. The number of amides is 1. The fraction of sp³-hybridized carbons (Fsp3) is 0.350. The summed E-state index contributed by atoms with van der Waals surface area (Å²) in [6.45, 7) is 7.33. The Hall–Kier alpha value is -1.86. The molecular formula is C20H20BrClF2N2O2. The number of ether oxygens (including phenoxy) is 1. The van der Waals surface area contributed by atoms with Gasteiger partial charge >= 0.3 is 5.57 Å². The van der Waals surface area contributed by atoms with Crippen molar-refractivity contribution in [3.05, 3.63) is 52.0 Å². The van der Waals surface area contributed by atoms with E-state index in [1.165, 1.54) is 24.3 Å². The lowest BCUT2D eigenvalue weighted by atomic mass is 10.0. The first-order valence-corrected chi connectivity index (χ1v) is 9.99. The van der Waals surface area contributed by atoms with Crippen molar-refractivity contribution < 1.29 is 18.3 Å². The SMILES string of the molecule is CC1CN(C(C)C)c2c(Br)cc(C(=O)Nc3ccc(OC(F)(F)Cl)cc3)cc21. The number of benzene rings is 2. The van der Waals surface area contributed by atoms with Gasteiger partial charge in [-0.2, -0.15) is 0 Å². The molecule has 8 heteroatoms. The normalized spacial score (nSPS) is 16.3. The van der Waals surface area contributed by atoms with Crippen LogP contribution in [0.4, 0.5) is 20.2 Å². The van der Waals surface area contributed by atoms with Crippen molar-refractivity contribution in [3.8, 4) is 5.75 Å². The molecule has 1 unspecified atom stereocenters. The van der Waals surface area contributed by atoms with Gasteiger partial charge in [0.05, 0.1) is 5.69 Å². The second-order valence-electron chi connectivity index (χ2n) is 7.07. The molecule has 1 aliphatic heterocycles. The van der Waals surface area contributed by atoms with E-state index in [1.54, 1.807) is 6.07 Å². The zero-order valence-corrected chi connectivity index (χ0v) is 17.9. The van der Waals surface area contributed by atoms with Crippen molar-refractivity contribution in [2.75, 3.05) is 16.8 Å². The molecule has 2 aromatic rings. The van der Waals surface area contributed by atoms with Crippen LogP contribution in [0.2, 0.25) is 0 Å². The second kappa shape index (κ2) is 7.87. The third kappa shape index (κ3) is 4.58. The van der Waals surface area contributed by atoms with Crippen LogP contribution in [0.15, 0.2) is 40.9 Å². The van der Waals surface area contributed by atoms with Crippen molar-refractivity contribution in [3.63, 3.8) is 0 Å². The Labute approximate surface area is 175 Å². The number of halogens is 4. The largest absolute Gasteiger partial charge is 0.487 e. The lowest BCUT2D eigenvalue weighted by Gasteiger charge is -2.25. The maximum Gasteiger partial charge on any atom is 0.487 e. The van der Waals surface area contributed by atoms with Crippen LogP contribution in [0.1, 0.15) is 42.6 Å². The van der Waals surface area contributed by atoms with Crippen LogP contribution in [0, 0.1) is 0 Å². The molecule has 0 bridgehead atoms. The average molecular weight is 474 g/mol. The van der Waals surface area contributed by atoms with E-state index in [-0.39, 0.29) is 11.7 Å². The van der Waals surface area contributed by atoms with Crippen LogP contribution in [0.25, 0.3) is 0 Å². The van der Waals surface area contributed by atoms with Gasteiger partial charge in [-0.05, 0) is 71.7 Å². The third-order valence-corrected chi connectivity index (χ3v) is 5.29. The number of anilines is 2. The summed E-state index contributed by atoms with van der Waals surface area (Å²) in [5.74, 6) is -0.0639. The molecule has 28 heavy (non-hydrogen) atoms. The summed E-state index contributed by atoms with van der Waals surface area (Å²) in [5, 5.41) is 2.77. The molecule has 0 fully saturated rings. The topological polar surface area (TPSA) is 41.6 Å². The molecule has 0 radical (unpaired) electrons. The maximum absolute atomic E-state index is 12.7. The van der Waals surface area contributed by atoms with Crippen LogP contribution in [0.5, 0.6) is 5.75 Å². The Morgan fingerprint density at radius 3 is 2.54 bits per heavy atom. The minimum absolute atomic E-state index is 0.0964. The van der Waals surface area contributed by atoms with Gasteiger partial charge in [0.2, 0.25) is 0 Å². The van der Waals surface area contributed by atoms with E-state index in [0.717, 1.165) is 22.3 Å². The highest BCUT2D eigenvalue weighted by atomic mass is 79.9. The second-order valence-corrected chi connectivity index (χ2v) is 8.36. The predicted molar refractivity (Wildman–Crippen MR) is 111 cm³/mol. The predicted octanol–water partition coefficient (Wildman–Crippen LogP) is 6.20. The first-order chi connectivity index (χ1) is 13.0. The van der Waals surface area contributed by atoms with Gasteiger partial charge in [-0.3, -0.25) is 4.79 Å². The first-order valence-electron chi connectivity index (χ1n) is 8.82. The Morgan fingerprint density at radius 2 is 1.96 bits per heavy atom. The Bertz CT molecular complexity index is 885. The summed E-state index contributed by atoms with van der Waals surface area (Å²) in [7, 11) is 0. The smallest absolute Gasteiger partial charge is 0.420 e. The molecule has 1 N–H and O–H groups in total. The van der Waals surface area contributed by atoms with E-state index >= 15 is 0 Å². The van der Waals surface area contributed by atoms with Gasteiger partial charge in [0.25, 0.3) is 5.91 Å². The highest BCUT2D eigenvalue weighted by Crippen LogP contribution is 2.43. The molecule has 2 aromatic carbocycles. The van der Waals surface area contributed by atoms with E-state index in [2.05, 4.69) is 51.7 Å². The fourth-order valence-electron chi connectivity index (χ4n) is 3.33. The minimum Gasteiger partial charge on any atom is -0.420 e. The summed E-state index contributed by atoms with van der Waals surface area (Å²) in [5.41, 5.74) is -0.537. The van der Waals surface area contributed by atoms with Gasteiger partial charge in [0.1, 0.15) is 5.75 Å². The van der Waals surface area contributed by atoms with E-state index in [0.29, 0.717) is 23.2 Å². The fourth-order valence-corrected chi connectivity index (χ4v) is 4.12. The number of nitrogens with one attached hydrogen (secondary N) is 1. The van der Waals surface area contributed by atoms with Crippen molar-refractivity contribution in [2.24, 2.45) is 0 Å². The van der Waals surface area contributed by atoms with Gasteiger partial charge in [0, 0.05) is 45.8 Å². The lowest BCUT2D eigenvalue weighted by Crippen LogP contribution is -2.29. The highest BCUT2D eigenvalue weighted by Gasteiger charge is 2.30. The molecule has 3 rings (SSSR count). The first kappa shape index (κ1) is 20.9. The van der Waals surface area contributed by atoms with E-state index in [4.69, 9.17) is 11.6 Å². The summed E-state index contributed by atoms with van der Waals surface area (Å²) >= 11 is 8.35. The molecule has 0 spiro atoms. The van der Waals surface area contributed by atoms with Gasteiger partial charge < -0.3 is 15.0 Å². The van der Waals surface area contributed by atoms with Crippen LogP contribution >= 0.6 is 27.5 Å². The molecule has 1 aliphatic rings. The van der Waals surface area contributed by atoms with Gasteiger partial charge in [0.15, 0.2) is 0 Å².